The van der Waals surface area contributed by atoms with Gasteiger partial charge < -0.3 is 5.32 Å². The van der Waals surface area contributed by atoms with E-state index in [0.29, 0.717) is 19.4 Å². The van der Waals surface area contributed by atoms with Gasteiger partial charge in [-0.15, -0.1) is 11.3 Å². The summed E-state index contributed by atoms with van der Waals surface area (Å²) in [6, 6.07) is 12.7. The lowest BCUT2D eigenvalue weighted by Crippen LogP contribution is -2.32. The number of hydrogen-bond donors (Lipinski definition) is 1. The van der Waals surface area contributed by atoms with Gasteiger partial charge in [0.05, 0.1) is 10.6 Å². The smallest absolute Gasteiger partial charge is 0.220 e. The van der Waals surface area contributed by atoms with Gasteiger partial charge in [0, 0.05) is 29.8 Å². The van der Waals surface area contributed by atoms with Gasteiger partial charge in [-0.2, -0.15) is 5.10 Å². The second-order valence-electron chi connectivity index (χ2n) is 7.12. The minimum atomic E-state index is -3.21. The van der Waals surface area contributed by atoms with Crippen LogP contribution in [0.1, 0.15) is 34.3 Å². The molecule has 2 aromatic heterocycles. The molecule has 8 heteroatoms. The number of benzene rings is 1. The van der Waals surface area contributed by atoms with E-state index in [1.54, 1.807) is 35.6 Å². The zero-order chi connectivity index (χ0) is 21.0. The molecule has 0 radical (unpaired) electrons. The zero-order valence-corrected chi connectivity index (χ0v) is 18.4. The zero-order valence-electron chi connectivity index (χ0n) is 16.8. The largest absolute Gasteiger partial charge is 0.354 e. The van der Waals surface area contributed by atoms with E-state index in [0.717, 1.165) is 21.8 Å². The number of nitrogens with one attached hydrogen (secondary N) is 1. The molecule has 3 aromatic rings. The number of rotatable bonds is 8. The van der Waals surface area contributed by atoms with Crippen LogP contribution in [0.5, 0.6) is 0 Å². The summed E-state index contributed by atoms with van der Waals surface area (Å²) >= 11 is 1.65. The van der Waals surface area contributed by atoms with Gasteiger partial charge >= 0.3 is 0 Å². The summed E-state index contributed by atoms with van der Waals surface area (Å²) < 4.78 is 25.0. The molecular formula is C21H25N3O3S2. The van der Waals surface area contributed by atoms with E-state index < -0.39 is 9.84 Å². The Bertz CT molecular complexity index is 1070. The van der Waals surface area contributed by atoms with Gasteiger partial charge in [-0.25, -0.2) is 8.42 Å². The van der Waals surface area contributed by atoms with Crippen molar-refractivity contribution in [3.63, 3.8) is 0 Å². The van der Waals surface area contributed by atoms with E-state index in [2.05, 4.69) is 16.5 Å². The molecule has 6 nitrogen and oxygen atoms in total. The van der Waals surface area contributed by atoms with Crippen molar-refractivity contribution >= 4 is 27.1 Å². The summed E-state index contributed by atoms with van der Waals surface area (Å²) in [4.78, 5) is 13.8. The number of amides is 1. The van der Waals surface area contributed by atoms with E-state index in [4.69, 9.17) is 0 Å². The molecule has 1 unspecified atom stereocenters. The fraction of sp³-hybridized carbons (Fsp3) is 0.333. The van der Waals surface area contributed by atoms with Crippen LogP contribution in [0, 0.1) is 13.8 Å². The third-order valence-corrected chi connectivity index (χ3v) is 6.80. The van der Waals surface area contributed by atoms with E-state index in [9.17, 15) is 13.2 Å². The first-order chi connectivity index (χ1) is 13.7. The van der Waals surface area contributed by atoms with Crippen LogP contribution in [0.4, 0.5) is 0 Å². The number of aromatic nitrogens is 2. The Morgan fingerprint density at radius 2 is 1.93 bits per heavy atom. The molecule has 29 heavy (non-hydrogen) atoms. The lowest BCUT2D eigenvalue weighted by molar-refractivity contribution is -0.121. The Hall–Kier alpha value is -2.45. The maximum absolute atomic E-state index is 12.4. The molecule has 0 saturated carbocycles. The molecule has 0 aliphatic heterocycles. The van der Waals surface area contributed by atoms with E-state index in [-0.39, 0.29) is 16.8 Å². The summed E-state index contributed by atoms with van der Waals surface area (Å²) in [7, 11) is -3.21. The normalized spacial score (nSPS) is 12.7. The molecule has 1 atom stereocenters. The number of nitrogens with zero attached hydrogens (tertiary/aromatic N) is 2. The number of sulfone groups is 1. The molecule has 0 saturated heterocycles. The quantitative estimate of drug-likeness (QED) is 0.593. The molecule has 154 valence electrons. The summed E-state index contributed by atoms with van der Waals surface area (Å²) in [6.07, 6.45) is 2.08. The Morgan fingerprint density at radius 3 is 2.48 bits per heavy atom. The minimum absolute atomic E-state index is 0.0401. The van der Waals surface area contributed by atoms with Gasteiger partial charge in [0.15, 0.2) is 9.84 Å². The molecule has 1 N–H and O–H groups in total. The van der Waals surface area contributed by atoms with Crippen LogP contribution in [-0.4, -0.2) is 36.9 Å². The van der Waals surface area contributed by atoms with Gasteiger partial charge in [0.2, 0.25) is 5.91 Å². The summed E-state index contributed by atoms with van der Waals surface area (Å²) in [6.45, 7) is 4.44. The number of aryl methyl sites for hydroxylation is 3. The summed E-state index contributed by atoms with van der Waals surface area (Å²) in [5.41, 5.74) is 2.94. The Balaban J connectivity index is 1.60. The topological polar surface area (TPSA) is 81.1 Å². The first-order valence-electron chi connectivity index (χ1n) is 9.36. The van der Waals surface area contributed by atoms with Gasteiger partial charge in [-0.05, 0) is 55.5 Å². The van der Waals surface area contributed by atoms with Crippen molar-refractivity contribution in [3.05, 3.63) is 69.7 Å². The highest BCUT2D eigenvalue weighted by molar-refractivity contribution is 7.90. The molecule has 0 bridgehead atoms. The van der Waals surface area contributed by atoms with Crippen molar-refractivity contribution in [3.8, 4) is 0 Å². The van der Waals surface area contributed by atoms with Crippen molar-refractivity contribution < 1.29 is 13.2 Å². The number of hydrogen-bond acceptors (Lipinski definition) is 5. The highest BCUT2D eigenvalue weighted by atomic mass is 32.2. The SMILES string of the molecule is Cc1cc(C)n(C(CNC(=O)CCc2ccc(S(C)(=O)=O)cc2)c2cccs2)n1. The highest BCUT2D eigenvalue weighted by Gasteiger charge is 2.19. The molecule has 1 amide bonds. The molecule has 0 spiro atoms. The Kier molecular flexibility index (Phi) is 6.54. The second kappa shape index (κ2) is 8.92. The van der Waals surface area contributed by atoms with Crippen molar-refractivity contribution in [2.24, 2.45) is 0 Å². The number of carbonyl (C=O) groups is 1. The lowest BCUT2D eigenvalue weighted by atomic mass is 10.1. The molecule has 0 aliphatic rings. The first-order valence-corrected chi connectivity index (χ1v) is 12.1. The van der Waals surface area contributed by atoms with E-state index >= 15 is 0 Å². The van der Waals surface area contributed by atoms with Crippen molar-refractivity contribution in [1.29, 1.82) is 0 Å². The average molecular weight is 432 g/mol. The third-order valence-electron chi connectivity index (χ3n) is 4.70. The molecule has 1 aromatic carbocycles. The van der Waals surface area contributed by atoms with Crippen LogP contribution in [0.3, 0.4) is 0 Å². The van der Waals surface area contributed by atoms with Gasteiger partial charge in [-0.1, -0.05) is 18.2 Å². The van der Waals surface area contributed by atoms with E-state index in [1.165, 1.54) is 6.26 Å². The van der Waals surface area contributed by atoms with E-state index in [1.807, 2.05) is 36.0 Å². The van der Waals surface area contributed by atoms with Crippen LogP contribution in [0.25, 0.3) is 0 Å². The fourth-order valence-corrected chi connectivity index (χ4v) is 4.65. The van der Waals surface area contributed by atoms with Crippen LogP contribution >= 0.6 is 11.3 Å². The van der Waals surface area contributed by atoms with Crippen LogP contribution in [0.15, 0.2) is 52.7 Å². The Morgan fingerprint density at radius 1 is 1.21 bits per heavy atom. The molecular weight excluding hydrogens is 406 g/mol. The maximum Gasteiger partial charge on any atom is 0.220 e. The molecule has 0 fully saturated rings. The summed E-state index contributed by atoms with van der Waals surface area (Å²) in [5, 5.41) is 9.64. The van der Waals surface area contributed by atoms with Gasteiger partial charge in [0.25, 0.3) is 0 Å². The van der Waals surface area contributed by atoms with Crippen LogP contribution < -0.4 is 5.32 Å². The third kappa shape index (κ3) is 5.55. The average Bonchev–Trinajstić information content (AvgIpc) is 3.30. The standard InChI is InChI=1S/C21H25N3O3S2/c1-15-13-16(2)24(23-15)19(20-5-4-12-28-20)14-22-21(25)11-8-17-6-9-18(10-7-17)29(3,26)27/h4-7,9-10,12-13,19H,8,11,14H2,1-3H3,(H,22,25). The second-order valence-corrected chi connectivity index (χ2v) is 10.1. The highest BCUT2D eigenvalue weighted by Crippen LogP contribution is 2.24. The predicted molar refractivity (Wildman–Crippen MR) is 115 cm³/mol. The van der Waals surface area contributed by atoms with Crippen molar-refractivity contribution in [1.82, 2.24) is 15.1 Å². The van der Waals surface area contributed by atoms with Crippen molar-refractivity contribution in [2.75, 3.05) is 12.8 Å². The van der Waals surface area contributed by atoms with Crippen LogP contribution in [-0.2, 0) is 21.1 Å². The van der Waals surface area contributed by atoms with Gasteiger partial charge in [0.1, 0.15) is 6.04 Å². The summed E-state index contributed by atoms with van der Waals surface area (Å²) in [5.74, 6) is -0.0414. The Labute approximate surface area is 175 Å². The predicted octanol–water partition coefficient (Wildman–Crippen LogP) is 3.30. The van der Waals surface area contributed by atoms with Crippen LogP contribution in [0.2, 0.25) is 0 Å². The number of thiophene rings is 1. The van der Waals surface area contributed by atoms with Gasteiger partial charge in [-0.3, -0.25) is 9.48 Å². The molecule has 2 heterocycles. The lowest BCUT2D eigenvalue weighted by Gasteiger charge is -2.19. The monoisotopic (exact) mass is 431 g/mol. The fourth-order valence-electron chi connectivity index (χ4n) is 3.21. The maximum atomic E-state index is 12.4. The molecule has 3 rings (SSSR count). The first kappa shape index (κ1) is 21.3. The molecule has 0 aliphatic carbocycles. The minimum Gasteiger partial charge on any atom is -0.354 e. The number of carbonyl (C=O) groups excluding carboxylic acids is 1. The van der Waals surface area contributed by atoms with Crippen molar-refractivity contribution in [2.45, 2.75) is 37.6 Å².